The summed E-state index contributed by atoms with van der Waals surface area (Å²) < 4.78 is 0. The Morgan fingerprint density at radius 1 is 1.55 bits per heavy atom. The fraction of sp³-hybridized carbons (Fsp3) is 0.615. The molecule has 6 nitrogen and oxygen atoms in total. The number of rotatable bonds is 3. The number of likely N-dealkylation sites (tertiary alicyclic amines) is 1. The summed E-state index contributed by atoms with van der Waals surface area (Å²) in [6.45, 7) is 6.41. The molecule has 1 aliphatic heterocycles. The first-order valence-corrected chi connectivity index (χ1v) is 7.44. The maximum Gasteiger partial charge on any atom is 0.322 e. The van der Waals surface area contributed by atoms with E-state index in [1.807, 2.05) is 13.8 Å². The summed E-state index contributed by atoms with van der Waals surface area (Å²) in [6, 6.07) is -0.249. The highest BCUT2D eigenvalue weighted by molar-refractivity contribution is 7.14. The normalized spacial score (nSPS) is 22.3. The largest absolute Gasteiger partial charge is 0.481 e. The van der Waals surface area contributed by atoms with Gasteiger partial charge < -0.3 is 10.0 Å². The zero-order valence-corrected chi connectivity index (χ0v) is 12.7. The molecule has 0 saturated carbocycles. The maximum atomic E-state index is 12.2. The van der Waals surface area contributed by atoms with Gasteiger partial charge >= 0.3 is 12.0 Å². The highest BCUT2D eigenvalue weighted by atomic mass is 32.1. The number of carboxylic acid groups (broad SMARTS) is 1. The van der Waals surface area contributed by atoms with E-state index in [1.165, 1.54) is 11.3 Å². The Kier molecular flexibility index (Phi) is 3.99. The van der Waals surface area contributed by atoms with E-state index in [0.717, 1.165) is 10.7 Å². The first-order valence-electron chi connectivity index (χ1n) is 6.56. The molecule has 1 fully saturated rings. The summed E-state index contributed by atoms with van der Waals surface area (Å²) in [5, 5.41) is 12.8. The van der Waals surface area contributed by atoms with Gasteiger partial charge in [0.05, 0.1) is 16.6 Å². The molecule has 2 N–H and O–H groups in total. The number of urea groups is 1. The van der Waals surface area contributed by atoms with E-state index in [0.29, 0.717) is 13.0 Å². The molecule has 1 aromatic rings. The van der Waals surface area contributed by atoms with Gasteiger partial charge in [0.25, 0.3) is 0 Å². The number of carbonyl (C=O) groups excluding carboxylic acids is 1. The summed E-state index contributed by atoms with van der Waals surface area (Å²) in [7, 11) is 0. The second kappa shape index (κ2) is 5.40. The molecule has 110 valence electrons. The molecule has 2 amide bonds. The summed E-state index contributed by atoms with van der Waals surface area (Å²) >= 11 is 1.39. The monoisotopic (exact) mass is 297 g/mol. The Hall–Kier alpha value is -1.63. The molecule has 0 radical (unpaired) electrons. The number of carbonyl (C=O) groups is 2. The molecule has 7 heteroatoms. The number of thiazole rings is 1. The molecule has 1 aromatic heterocycles. The van der Waals surface area contributed by atoms with Crippen LogP contribution in [-0.4, -0.2) is 40.1 Å². The smallest absolute Gasteiger partial charge is 0.322 e. The Balaban J connectivity index is 2.03. The van der Waals surface area contributed by atoms with E-state index in [4.69, 9.17) is 0 Å². The highest BCUT2D eigenvalue weighted by Gasteiger charge is 2.42. The molecule has 0 aromatic carbocycles. The number of amides is 2. The van der Waals surface area contributed by atoms with Crippen molar-refractivity contribution in [2.45, 2.75) is 33.1 Å². The van der Waals surface area contributed by atoms with Crippen molar-refractivity contribution >= 4 is 28.3 Å². The number of hydrogen-bond donors (Lipinski definition) is 2. The number of hydrogen-bond acceptors (Lipinski definition) is 4. The second-order valence-electron chi connectivity index (χ2n) is 5.69. The van der Waals surface area contributed by atoms with Crippen molar-refractivity contribution < 1.29 is 14.7 Å². The van der Waals surface area contributed by atoms with E-state index >= 15 is 0 Å². The van der Waals surface area contributed by atoms with Crippen molar-refractivity contribution in [2.75, 3.05) is 18.4 Å². The summed E-state index contributed by atoms with van der Waals surface area (Å²) in [5.74, 6) is -0.618. The van der Waals surface area contributed by atoms with Gasteiger partial charge in [0.2, 0.25) is 0 Å². The van der Waals surface area contributed by atoms with Gasteiger partial charge in [-0.1, -0.05) is 13.8 Å². The van der Waals surface area contributed by atoms with Gasteiger partial charge in [-0.15, -0.1) is 11.3 Å². The fourth-order valence-corrected chi connectivity index (χ4v) is 3.07. The number of carboxylic acids is 1. The standard InChI is InChI=1S/C13H19N3O3S/c1-8(2)9-10(20-7-14-9)15-12(19)16-5-4-13(3,6-16)11(17)18/h7-8H,4-6H2,1-3H3,(H,15,19)(H,17,18). The SMILES string of the molecule is CC(C)c1ncsc1NC(=O)N1CCC(C)(C(=O)O)C1. The zero-order valence-electron chi connectivity index (χ0n) is 11.8. The van der Waals surface area contributed by atoms with Gasteiger partial charge in [0.1, 0.15) is 5.00 Å². The van der Waals surface area contributed by atoms with Crippen LogP contribution in [0.25, 0.3) is 0 Å². The molecule has 0 bridgehead atoms. The number of anilines is 1. The van der Waals surface area contributed by atoms with Crippen molar-refractivity contribution in [3.05, 3.63) is 11.2 Å². The zero-order chi connectivity index (χ0) is 14.9. The minimum atomic E-state index is -0.853. The van der Waals surface area contributed by atoms with Crippen LogP contribution >= 0.6 is 11.3 Å². The molecule has 2 heterocycles. The topological polar surface area (TPSA) is 82.5 Å². The molecule has 0 spiro atoms. The third kappa shape index (κ3) is 2.77. The Labute approximate surface area is 121 Å². The average Bonchev–Trinajstić information content (AvgIpc) is 2.96. The molecule has 2 rings (SSSR count). The third-order valence-corrected chi connectivity index (χ3v) is 4.40. The summed E-state index contributed by atoms with van der Waals surface area (Å²) in [6.07, 6.45) is 0.482. The Morgan fingerprint density at radius 2 is 2.25 bits per heavy atom. The number of nitrogens with zero attached hydrogens (tertiary/aromatic N) is 2. The van der Waals surface area contributed by atoms with Crippen LogP contribution in [0.5, 0.6) is 0 Å². The van der Waals surface area contributed by atoms with Crippen molar-refractivity contribution in [3.63, 3.8) is 0 Å². The second-order valence-corrected chi connectivity index (χ2v) is 6.54. The van der Waals surface area contributed by atoms with Crippen molar-refractivity contribution in [1.82, 2.24) is 9.88 Å². The van der Waals surface area contributed by atoms with Crippen LogP contribution in [0.15, 0.2) is 5.51 Å². The Morgan fingerprint density at radius 3 is 2.80 bits per heavy atom. The van der Waals surface area contributed by atoms with Gasteiger partial charge in [-0.05, 0) is 19.3 Å². The lowest BCUT2D eigenvalue weighted by Gasteiger charge is -2.20. The van der Waals surface area contributed by atoms with Gasteiger partial charge in [-0.3, -0.25) is 10.1 Å². The van der Waals surface area contributed by atoms with E-state index in [9.17, 15) is 14.7 Å². The maximum absolute atomic E-state index is 12.2. The molecular formula is C13H19N3O3S. The van der Waals surface area contributed by atoms with Crippen LogP contribution in [0.1, 0.15) is 38.8 Å². The van der Waals surface area contributed by atoms with Gasteiger partial charge in [0, 0.05) is 13.1 Å². The highest BCUT2D eigenvalue weighted by Crippen LogP contribution is 2.32. The van der Waals surface area contributed by atoms with Gasteiger partial charge in [-0.25, -0.2) is 9.78 Å². The number of nitrogens with one attached hydrogen (secondary N) is 1. The lowest BCUT2D eigenvalue weighted by Crippen LogP contribution is -2.37. The molecule has 1 atom stereocenters. The lowest BCUT2D eigenvalue weighted by molar-refractivity contribution is -0.146. The molecule has 1 saturated heterocycles. The van der Waals surface area contributed by atoms with Crippen molar-refractivity contribution in [2.24, 2.45) is 5.41 Å². The van der Waals surface area contributed by atoms with Crippen LogP contribution < -0.4 is 5.32 Å². The molecule has 1 unspecified atom stereocenters. The molecule has 0 aliphatic carbocycles. The fourth-order valence-electron chi connectivity index (χ4n) is 2.24. The third-order valence-electron chi connectivity index (χ3n) is 3.64. The van der Waals surface area contributed by atoms with Gasteiger partial charge in [0.15, 0.2) is 0 Å². The van der Waals surface area contributed by atoms with E-state index in [-0.39, 0.29) is 18.5 Å². The first kappa shape index (κ1) is 14.8. The molecule has 20 heavy (non-hydrogen) atoms. The van der Waals surface area contributed by atoms with Crippen molar-refractivity contribution in [3.8, 4) is 0 Å². The minimum Gasteiger partial charge on any atom is -0.481 e. The predicted octanol–water partition coefficient (Wildman–Crippen LogP) is 2.60. The van der Waals surface area contributed by atoms with E-state index < -0.39 is 11.4 Å². The molecule has 1 aliphatic rings. The molecular weight excluding hydrogens is 278 g/mol. The van der Waals surface area contributed by atoms with Crippen LogP contribution in [0.2, 0.25) is 0 Å². The minimum absolute atomic E-state index is 0.236. The van der Waals surface area contributed by atoms with Gasteiger partial charge in [-0.2, -0.15) is 0 Å². The Bertz CT molecular complexity index is 529. The number of aromatic nitrogens is 1. The first-order chi connectivity index (χ1) is 9.33. The van der Waals surface area contributed by atoms with Crippen molar-refractivity contribution in [1.29, 1.82) is 0 Å². The van der Waals surface area contributed by atoms with Crippen LogP contribution in [0.4, 0.5) is 9.80 Å². The van der Waals surface area contributed by atoms with Crippen LogP contribution in [0, 0.1) is 5.41 Å². The average molecular weight is 297 g/mol. The van der Waals surface area contributed by atoms with Crippen LogP contribution in [-0.2, 0) is 4.79 Å². The lowest BCUT2D eigenvalue weighted by atomic mass is 9.90. The van der Waals surface area contributed by atoms with E-state index in [1.54, 1.807) is 17.3 Å². The predicted molar refractivity (Wildman–Crippen MR) is 77.2 cm³/mol. The summed E-state index contributed by atoms with van der Waals surface area (Å²) in [5.41, 5.74) is 1.73. The quantitative estimate of drug-likeness (QED) is 0.898. The van der Waals surface area contributed by atoms with Crippen LogP contribution in [0.3, 0.4) is 0 Å². The van der Waals surface area contributed by atoms with E-state index in [2.05, 4.69) is 10.3 Å². The summed E-state index contributed by atoms with van der Waals surface area (Å²) in [4.78, 5) is 29.2. The number of aliphatic carboxylic acids is 1.